The van der Waals surface area contributed by atoms with Gasteiger partial charge in [-0.25, -0.2) is 14.6 Å². The quantitative estimate of drug-likeness (QED) is 0.473. The van der Waals surface area contributed by atoms with Crippen molar-refractivity contribution in [1.29, 1.82) is 0 Å². The maximum absolute atomic E-state index is 4.24. The van der Waals surface area contributed by atoms with Crippen molar-refractivity contribution in [3.8, 4) is 0 Å². The molecule has 0 fully saturated rings. The Kier molecular flexibility index (Phi) is 1.69. The van der Waals surface area contributed by atoms with Crippen molar-refractivity contribution in [2.45, 2.75) is 5.16 Å². The van der Waals surface area contributed by atoms with Crippen LogP contribution >= 0.6 is 11.8 Å². The van der Waals surface area contributed by atoms with E-state index in [1.54, 1.807) is 10.9 Å². The third kappa shape index (κ3) is 1.04. The third-order valence-corrected chi connectivity index (χ3v) is 2.07. The van der Waals surface area contributed by atoms with Crippen LogP contribution in [-0.2, 0) is 7.05 Å². The summed E-state index contributed by atoms with van der Waals surface area (Å²) in [4.78, 5) is 8.32. The molecule has 0 aliphatic carbocycles. The van der Waals surface area contributed by atoms with Crippen molar-refractivity contribution in [3.05, 3.63) is 6.20 Å². The summed E-state index contributed by atoms with van der Waals surface area (Å²) in [5.41, 5.74) is 1.50. The van der Waals surface area contributed by atoms with Crippen molar-refractivity contribution in [2.75, 3.05) is 6.26 Å². The van der Waals surface area contributed by atoms with Crippen LogP contribution in [0.1, 0.15) is 0 Å². The predicted octanol–water partition coefficient (Wildman–Crippen LogP) is 0.480. The molecule has 12 heavy (non-hydrogen) atoms. The molecule has 2 heterocycles. The fourth-order valence-corrected chi connectivity index (χ4v) is 1.25. The van der Waals surface area contributed by atoms with Gasteiger partial charge in [0.1, 0.15) is 0 Å². The first-order valence-electron chi connectivity index (χ1n) is 3.37. The molecule has 0 N–H and O–H groups in total. The highest BCUT2D eigenvalue weighted by Gasteiger charge is 2.03. The van der Waals surface area contributed by atoms with Crippen molar-refractivity contribution < 1.29 is 0 Å². The van der Waals surface area contributed by atoms with E-state index in [0.717, 1.165) is 16.3 Å². The van der Waals surface area contributed by atoms with Gasteiger partial charge < -0.3 is 0 Å². The smallest absolute Gasteiger partial charge is 0.189 e. The molecule has 2 aromatic heterocycles. The number of hydrogen-bond donors (Lipinski definition) is 0. The van der Waals surface area contributed by atoms with Crippen LogP contribution in [0.15, 0.2) is 11.4 Å². The molecule has 0 aromatic carbocycles. The summed E-state index contributed by atoms with van der Waals surface area (Å²) in [5, 5.41) is 8.44. The van der Waals surface area contributed by atoms with E-state index in [-0.39, 0.29) is 0 Å². The Morgan fingerprint density at radius 2 is 2.33 bits per heavy atom. The van der Waals surface area contributed by atoms with E-state index in [1.807, 2.05) is 13.3 Å². The minimum Gasteiger partial charge on any atom is -0.230 e. The predicted molar refractivity (Wildman–Crippen MR) is 45.9 cm³/mol. The van der Waals surface area contributed by atoms with Crippen molar-refractivity contribution in [1.82, 2.24) is 25.0 Å². The molecule has 0 unspecified atom stereocenters. The Morgan fingerprint density at radius 1 is 1.50 bits per heavy atom. The molecular weight excluding hydrogens is 174 g/mol. The first kappa shape index (κ1) is 7.48. The van der Waals surface area contributed by atoms with Crippen molar-refractivity contribution >= 4 is 22.9 Å². The lowest BCUT2D eigenvalue weighted by Crippen LogP contribution is -1.93. The van der Waals surface area contributed by atoms with Crippen molar-refractivity contribution in [2.24, 2.45) is 7.05 Å². The molecule has 6 heteroatoms. The summed E-state index contributed by atoms with van der Waals surface area (Å²) < 4.78 is 1.64. The second-order valence-corrected chi connectivity index (χ2v) is 3.05. The largest absolute Gasteiger partial charge is 0.230 e. The summed E-state index contributed by atoms with van der Waals surface area (Å²) in [6.07, 6.45) is 3.62. The molecule has 0 atom stereocenters. The van der Waals surface area contributed by atoms with Gasteiger partial charge in [0.25, 0.3) is 0 Å². The Bertz CT molecular complexity index is 409. The van der Waals surface area contributed by atoms with Gasteiger partial charge in [0.2, 0.25) is 0 Å². The summed E-state index contributed by atoms with van der Waals surface area (Å²) >= 11 is 1.50. The highest BCUT2D eigenvalue weighted by atomic mass is 32.2. The molecule has 2 rings (SSSR count). The van der Waals surface area contributed by atoms with Crippen LogP contribution in [0.2, 0.25) is 0 Å². The van der Waals surface area contributed by atoms with Crippen LogP contribution in [0.4, 0.5) is 0 Å². The number of nitrogens with zero attached hydrogens (tertiary/aromatic N) is 5. The van der Waals surface area contributed by atoms with Crippen LogP contribution < -0.4 is 0 Å². The van der Waals surface area contributed by atoms with Gasteiger partial charge in [0.05, 0.1) is 6.20 Å². The Hall–Kier alpha value is -1.17. The standard InChI is InChI=1S/C6H7N5S/c1-11-5-4(9-10-11)3-7-6(8-5)12-2/h3H,1-2H3. The second kappa shape index (κ2) is 2.71. The minimum absolute atomic E-state index is 0.732. The second-order valence-electron chi connectivity index (χ2n) is 2.28. The number of rotatable bonds is 1. The lowest BCUT2D eigenvalue weighted by Gasteiger charge is -1.93. The van der Waals surface area contributed by atoms with Crippen LogP contribution in [0, 0.1) is 0 Å². The Balaban J connectivity index is 2.71. The summed E-state index contributed by atoms with van der Waals surface area (Å²) in [6.45, 7) is 0. The van der Waals surface area contributed by atoms with E-state index in [0.29, 0.717) is 0 Å². The van der Waals surface area contributed by atoms with Gasteiger partial charge in [0, 0.05) is 7.05 Å². The third-order valence-electron chi connectivity index (χ3n) is 1.50. The number of fused-ring (bicyclic) bond motifs is 1. The van der Waals surface area contributed by atoms with Crippen LogP contribution in [0.3, 0.4) is 0 Å². The zero-order valence-electron chi connectivity index (χ0n) is 6.72. The zero-order chi connectivity index (χ0) is 8.55. The molecule has 0 spiro atoms. The number of hydrogen-bond acceptors (Lipinski definition) is 5. The van der Waals surface area contributed by atoms with E-state index in [1.165, 1.54) is 11.8 Å². The van der Waals surface area contributed by atoms with Crippen molar-refractivity contribution in [3.63, 3.8) is 0 Å². The molecule has 62 valence electrons. The molecule has 5 nitrogen and oxygen atoms in total. The van der Waals surface area contributed by atoms with E-state index >= 15 is 0 Å². The summed E-state index contributed by atoms with van der Waals surface area (Å²) in [7, 11) is 1.81. The lowest BCUT2D eigenvalue weighted by atomic mass is 10.6. The SMILES string of the molecule is CSc1ncc2nnn(C)c2n1. The number of aromatic nitrogens is 5. The maximum atomic E-state index is 4.24. The first-order chi connectivity index (χ1) is 5.81. The molecule has 0 bridgehead atoms. The Labute approximate surface area is 73.2 Å². The fourth-order valence-electron chi connectivity index (χ4n) is 0.915. The molecular formula is C6H7N5S. The van der Waals surface area contributed by atoms with Gasteiger partial charge in [-0.2, -0.15) is 0 Å². The highest BCUT2D eigenvalue weighted by Crippen LogP contribution is 2.11. The molecule has 0 aliphatic rings. The molecule has 0 radical (unpaired) electrons. The van der Waals surface area contributed by atoms with Gasteiger partial charge >= 0.3 is 0 Å². The average Bonchev–Trinajstić information content (AvgIpc) is 2.47. The number of thioether (sulfide) groups is 1. The van der Waals surface area contributed by atoms with E-state index in [2.05, 4.69) is 20.3 Å². The molecule has 0 aliphatic heterocycles. The van der Waals surface area contributed by atoms with Gasteiger partial charge in [0.15, 0.2) is 16.3 Å². The average molecular weight is 181 g/mol. The lowest BCUT2D eigenvalue weighted by molar-refractivity contribution is 0.726. The normalized spacial score (nSPS) is 10.8. The molecule has 0 amide bonds. The molecule has 0 saturated carbocycles. The number of aryl methyl sites for hydroxylation is 1. The van der Waals surface area contributed by atoms with Gasteiger partial charge in [-0.15, -0.1) is 5.10 Å². The van der Waals surface area contributed by atoms with Gasteiger partial charge in [-0.1, -0.05) is 17.0 Å². The summed E-state index contributed by atoms with van der Waals surface area (Å²) in [6, 6.07) is 0. The topological polar surface area (TPSA) is 56.5 Å². The monoisotopic (exact) mass is 181 g/mol. The Morgan fingerprint density at radius 3 is 3.08 bits per heavy atom. The minimum atomic E-state index is 0.732. The van der Waals surface area contributed by atoms with E-state index < -0.39 is 0 Å². The van der Waals surface area contributed by atoms with E-state index in [9.17, 15) is 0 Å². The van der Waals surface area contributed by atoms with Crippen LogP contribution in [0.5, 0.6) is 0 Å². The highest BCUT2D eigenvalue weighted by molar-refractivity contribution is 7.98. The summed E-state index contributed by atoms with van der Waals surface area (Å²) in [5.74, 6) is 0. The maximum Gasteiger partial charge on any atom is 0.189 e. The zero-order valence-corrected chi connectivity index (χ0v) is 7.54. The van der Waals surface area contributed by atoms with Crippen LogP contribution in [-0.4, -0.2) is 31.2 Å². The molecule has 2 aromatic rings. The van der Waals surface area contributed by atoms with E-state index in [4.69, 9.17) is 0 Å². The van der Waals surface area contributed by atoms with Crippen LogP contribution in [0.25, 0.3) is 11.2 Å². The van der Waals surface area contributed by atoms with Gasteiger partial charge in [-0.05, 0) is 6.26 Å². The first-order valence-corrected chi connectivity index (χ1v) is 4.60. The van der Waals surface area contributed by atoms with Gasteiger partial charge in [-0.3, -0.25) is 0 Å². The fraction of sp³-hybridized carbons (Fsp3) is 0.333. The molecule has 0 saturated heterocycles.